The van der Waals surface area contributed by atoms with E-state index in [1.807, 2.05) is 0 Å². The SMILES string of the molecule is COc1cc(/C=N/NC(=O)C(OC)c2ccc3c(c2)OCCO3)ccc1C(F)(F)F. The molecule has 160 valence electrons. The van der Waals surface area contributed by atoms with Gasteiger partial charge in [0.2, 0.25) is 0 Å². The first-order chi connectivity index (χ1) is 14.3. The van der Waals surface area contributed by atoms with Gasteiger partial charge in [-0.3, -0.25) is 4.79 Å². The molecular formula is C20H19F3N2O5. The molecule has 0 radical (unpaired) electrons. The molecule has 3 rings (SSSR count). The fourth-order valence-electron chi connectivity index (χ4n) is 2.87. The molecule has 1 N–H and O–H groups in total. The van der Waals surface area contributed by atoms with Crippen LogP contribution in [0.5, 0.6) is 17.2 Å². The maximum Gasteiger partial charge on any atom is 0.419 e. The molecular weight excluding hydrogens is 405 g/mol. The summed E-state index contributed by atoms with van der Waals surface area (Å²) in [7, 11) is 2.51. The number of carbonyl (C=O) groups excluding carboxylic acids is 1. The Bertz CT molecular complexity index is 947. The summed E-state index contributed by atoms with van der Waals surface area (Å²) in [6.07, 6.45) is -4.30. The van der Waals surface area contributed by atoms with E-state index in [9.17, 15) is 18.0 Å². The van der Waals surface area contributed by atoms with Gasteiger partial charge in [0.15, 0.2) is 17.6 Å². The molecule has 1 aliphatic heterocycles. The third-order valence-electron chi connectivity index (χ3n) is 4.26. The van der Waals surface area contributed by atoms with Crippen LogP contribution in [-0.4, -0.2) is 39.6 Å². The van der Waals surface area contributed by atoms with E-state index in [2.05, 4.69) is 10.5 Å². The minimum atomic E-state index is -4.54. The number of hydrogen-bond donors (Lipinski definition) is 1. The highest BCUT2D eigenvalue weighted by Gasteiger charge is 2.34. The van der Waals surface area contributed by atoms with Crippen LogP contribution in [0.2, 0.25) is 0 Å². The van der Waals surface area contributed by atoms with Gasteiger partial charge >= 0.3 is 6.18 Å². The topological polar surface area (TPSA) is 78.4 Å². The number of halogens is 3. The second kappa shape index (κ2) is 9.04. The lowest BCUT2D eigenvalue weighted by Crippen LogP contribution is -2.27. The molecule has 0 saturated carbocycles. The van der Waals surface area contributed by atoms with Gasteiger partial charge < -0.3 is 18.9 Å². The largest absolute Gasteiger partial charge is 0.496 e. The molecule has 1 aliphatic rings. The number of benzene rings is 2. The van der Waals surface area contributed by atoms with Crippen molar-refractivity contribution >= 4 is 12.1 Å². The molecule has 30 heavy (non-hydrogen) atoms. The number of nitrogens with one attached hydrogen (secondary N) is 1. The number of carbonyl (C=O) groups is 1. The fraction of sp³-hybridized carbons (Fsp3) is 0.300. The summed E-state index contributed by atoms with van der Waals surface area (Å²) in [5.41, 5.74) is 2.26. The lowest BCUT2D eigenvalue weighted by Gasteiger charge is -2.20. The van der Waals surface area contributed by atoms with Crippen LogP contribution in [0.15, 0.2) is 41.5 Å². The van der Waals surface area contributed by atoms with E-state index >= 15 is 0 Å². The number of methoxy groups -OCH3 is 2. The second-order valence-corrected chi connectivity index (χ2v) is 6.21. The highest BCUT2D eigenvalue weighted by Crippen LogP contribution is 2.36. The molecule has 0 aliphatic carbocycles. The van der Waals surface area contributed by atoms with E-state index in [1.54, 1.807) is 18.2 Å². The molecule has 1 unspecified atom stereocenters. The van der Waals surface area contributed by atoms with Gasteiger partial charge in [0.25, 0.3) is 5.91 Å². The Kier molecular flexibility index (Phi) is 6.46. The number of nitrogens with zero attached hydrogens (tertiary/aromatic N) is 1. The Balaban J connectivity index is 1.70. The number of ether oxygens (including phenoxy) is 4. The highest BCUT2D eigenvalue weighted by atomic mass is 19.4. The van der Waals surface area contributed by atoms with Gasteiger partial charge in [-0.1, -0.05) is 12.1 Å². The number of alkyl halides is 3. The van der Waals surface area contributed by atoms with E-state index in [-0.39, 0.29) is 5.75 Å². The van der Waals surface area contributed by atoms with Gasteiger partial charge in [-0.25, -0.2) is 5.43 Å². The van der Waals surface area contributed by atoms with Crippen molar-refractivity contribution in [1.82, 2.24) is 5.43 Å². The summed E-state index contributed by atoms with van der Waals surface area (Å²) in [4.78, 5) is 12.4. The van der Waals surface area contributed by atoms with Gasteiger partial charge in [-0.15, -0.1) is 0 Å². The lowest BCUT2D eigenvalue weighted by molar-refractivity contribution is -0.138. The van der Waals surface area contributed by atoms with Crippen LogP contribution in [0.25, 0.3) is 0 Å². The molecule has 0 aromatic heterocycles. The van der Waals surface area contributed by atoms with Crippen molar-refractivity contribution < 1.29 is 36.9 Å². The van der Waals surface area contributed by atoms with E-state index < -0.39 is 23.8 Å². The lowest BCUT2D eigenvalue weighted by atomic mass is 10.1. The van der Waals surface area contributed by atoms with E-state index in [0.29, 0.717) is 35.8 Å². The zero-order valence-electron chi connectivity index (χ0n) is 16.2. The van der Waals surface area contributed by atoms with Crippen molar-refractivity contribution in [3.05, 3.63) is 53.1 Å². The average molecular weight is 424 g/mol. The molecule has 0 fully saturated rings. The van der Waals surface area contributed by atoms with Crippen LogP contribution in [-0.2, 0) is 15.7 Å². The predicted molar refractivity (Wildman–Crippen MR) is 101 cm³/mol. The number of rotatable bonds is 6. The summed E-state index contributed by atoms with van der Waals surface area (Å²) in [6.45, 7) is 0.852. The number of amides is 1. The number of hydrogen-bond acceptors (Lipinski definition) is 6. The number of hydrazone groups is 1. The Morgan fingerprint density at radius 1 is 1.13 bits per heavy atom. The van der Waals surface area contributed by atoms with E-state index in [4.69, 9.17) is 18.9 Å². The van der Waals surface area contributed by atoms with Crippen LogP contribution in [0, 0.1) is 0 Å². The van der Waals surface area contributed by atoms with Gasteiger partial charge in [-0.2, -0.15) is 18.3 Å². The van der Waals surface area contributed by atoms with Crippen molar-refractivity contribution in [2.24, 2.45) is 5.10 Å². The monoisotopic (exact) mass is 424 g/mol. The summed E-state index contributed by atoms with van der Waals surface area (Å²) in [6, 6.07) is 8.27. The Morgan fingerprint density at radius 2 is 1.87 bits per heavy atom. The Morgan fingerprint density at radius 3 is 2.53 bits per heavy atom. The third kappa shape index (κ3) is 4.82. The molecule has 1 amide bonds. The first-order valence-corrected chi connectivity index (χ1v) is 8.84. The van der Waals surface area contributed by atoms with Crippen LogP contribution >= 0.6 is 0 Å². The van der Waals surface area contributed by atoms with Gasteiger partial charge in [0.1, 0.15) is 19.0 Å². The Labute approximate surface area is 170 Å². The smallest absolute Gasteiger partial charge is 0.419 e. The normalized spacial score (nSPS) is 14.4. The van der Waals surface area contributed by atoms with Crippen LogP contribution < -0.4 is 19.6 Å². The summed E-state index contributed by atoms with van der Waals surface area (Å²) in [5.74, 6) is 0.177. The number of fused-ring (bicyclic) bond motifs is 1. The molecule has 0 spiro atoms. The quantitative estimate of drug-likeness (QED) is 0.569. The first kappa shape index (κ1) is 21.4. The van der Waals surface area contributed by atoms with Crippen LogP contribution in [0.4, 0.5) is 13.2 Å². The molecule has 10 heteroatoms. The zero-order chi connectivity index (χ0) is 21.7. The van der Waals surface area contributed by atoms with Gasteiger partial charge in [0, 0.05) is 7.11 Å². The maximum atomic E-state index is 12.9. The van der Waals surface area contributed by atoms with Crippen molar-refractivity contribution in [2.75, 3.05) is 27.4 Å². The first-order valence-electron chi connectivity index (χ1n) is 8.84. The third-order valence-corrected chi connectivity index (χ3v) is 4.26. The highest BCUT2D eigenvalue weighted by molar-refractivity contribution is 5.85. The molecule has 7 nitrogen and oxygen atoms in total. The fourth-order valence-corrected chi connectivity index (χ4v) is 2.87. The second-order valence-electron chi connectivity index (χ2n) is 6.21. The summed E-state index contributed by atoms with van der Waals surface area (Å²) < 4.78 is 59.7. The molecule has 0 bridgehead atoms. The summed E-state index contributed by atoms with van der Waals surface area (Å²) in [5, 5.41) is 3.79. The molecule has 0 saturated heterocycles. The van der Waals surface area contributed by atoms with E-state index in [0.717, 1.165) is 13.2 Å². The standard InChI is InChI=1S/C20H19F3N2O5/c1-27-16-9-12(3-5-14(16)20(21,22)23)11-24-25-19(26)18(28-2)13-4-6-15-17(10-13)30-8-7-29-15/h3-6,9-11,18H,7-8H2,1-2H3,(H,25,26)/b24-11+. The zero-order valence-corrected chi connectivity index (χ0v) is 16.2. The van der Waals surface area contributed by atoms with Crippen molar-refractivity contribution in [3.8, 4) is 17.2 Å². The molecule has 1 heterocycles. The molecule has 1 atom stereocenters. The average Bonchev–Trinajstić information content (AvgIpc) is 2.73. The van der Waals surface area contributed by atoms with Crippen LogP contribution in [0.1, 0.15) is 22.8 Å². The van der Waals surface area contributed by atoms with Crippen molar-refractivity contribution in [3.63, 3.8) is 0 Å². The molecule has 2 aromatic rings. The van der Waals surface area contributed by atoms with Crippen molar-refractivity contribution in [2.45, 2.75) is 12.3 Å². The van der Waals surface area contributed by atoms with Gasteiger partial charge in [-0.05, 0) is 35.4 Å². The Hall–Kier alpha value is -3.27. The minimum Gasteiger partial charge on any atom is -0.496 e. The molecule has 2 aromatic carbocycles. The summed E-state index contributed by atoms with van der Waals surface area (Å²) >= 11 is 0. The van der Waals surface area contributed by atoms with Gasteiger partial charge in [0.05, 0.1) is 18.9 Å². The minimum absolute atomic E-state index is 0.313. The van der Waals surface area contributed by atoms with Crippen molar-refractivity contribution in [1.29, 1.82) is 0 Å². The van der Waals surface area contributed by atoms with Crippen LogP contribution in [0.3, 0.4) is 0 Å². The van der Waals surface area contributed by atoms with E-state index in [1.165, 1.54) is 25.5 Å². The predicted octanol–water partition coefficient (Wildman–Crippen LogP) is 3.32. The maximum absolute atomic E-state index is 12.9.